The van der Waals surface area contributed by atoms with Crippen molar-refractivity contribution >= 4 is 29.0 Å². The minimum absolute atomic E-state index is 0.105. The molecule has 0 aliphatic heterocycles. The van der Waals surface area contributed by atoms with Gasteiger partial charge >= 0.3 is 0 Å². The zero-order chi connectivity index (χ0) is 21.3. The van der Waals surface area contributed by atoms with Crippen LogP contribution in [0.25, 0.3) is 22.3 Å². The predicted octanol–water partition coefficient (Wildman–Crippen LogP) is 8.18. The number of carbonyl (C=O) groups is 1. The first-order valence-corrected chi connectivity index (χ1v) is 10.5. The molecule has 0 fully saturated rings. The van der Waals surface area contributed by atoms with Gasteiger partial charge in [0.25, 0.3) is 0 Å². The van der Waals surface area contributed by atoms with Gasteiger partial charge in [0.05, 0.1) is 0 Å². The lowest BCUT2D eigenvalue weighted by atomic mass is 9.89. The largest absolute Gasteiger partial charge is 0.289 e. The Balaban J connectivity index is 1.88. The fourth-order valence-electron chi connectivity index (χ4n) is 3.52. The number of rotatable bonds is 4. The van der Waals surface area contributed by atoms with E-state index in [1.54, 1.807) is 12.1 Å². The van der Waals surface area contributed by atoms with Gasteiger partial charge in [-0.15, -0.1) is 0 Å². The molecule has 0 aromatic heterocycles. The summed E-state index contributed by atoms with van der Waals surface area (Å²) in [6.45, 7) is 4.08. The van der Waals surface area contributed by atoms with Crippen molar-refractivity contribution in [2.45, 2.75) is 13.8 Å². The van der Waals surface area contributed by atoms with E-state index in [9.17, 15) is 4.79 Å². The number of ketones is 1. The SMILES string of the molecule is Cc1ccc(-c2ccc(Cl)cc2C(=O)c2cc(Cl)ccc2-c2ccc(C)cc2)cc1. The molecule has 0 aliphatic carbocycles. The van der Waals surface area contributed by atoms with Crippen LogP contribution in [0, 0.1) is 13.8 Å². The molecule has 0 radical (unpaired) electrons. The normalized spacial score (nSPS) is 10.8. The number of hydrogen-bond acceptors (Lipinski definition) is 1. The van der Waals surface area contributed by atoms with Gasteiger partial charge in [-0.25, -0.2) is 0 Å². The van der Waals surface area contributed by atoms with Crippen LogP contribution in [0.2, 0.25) is 10.0 Å². The number of halogens is 2. The second-order valence-corrected chi connectivity index (χ2v) is 8.31. The fraction of sp³-hybridized carbons (Fsp3) is 0.0741. The van der Waals surface area contributed by atoms with E-state index in [2.05, 4.69) is 0 Å². The summed E-state index contributed by atoms with van der Waals surface area (Å²) in [7, 11) is 0. The van der Waals surface area contributed by atoms with Gasteiger partial charge in [-0.2, -0.15) is 0 Å². The Hall–Kier alpha value is -2.87. The Morgan fingerprint density at radius 2 is 0.933 bits per heavy atom. The molecule has 0 amide bonds. The maximum atomic E-state index is 13.8. The minimum Gasteiger partial charge on any atom is -0.289 e. The summed E-state index contributed by atoms with van der Waals surface area (Å²) in [5, 5.41) is 1.04. The maximum Gasteiger partial charge on any atom is 0.194 e. The van der Waals surface area contributed by atoms with Crippen LogP contribution in [-0.2, 0) is 0 Å². The lowest BCUT2D eigenvalue weighted by molar-refractivity contribution is 0.104. The molecule has 1 nitrogen and oxygen atoms in total. The van der Waals surface area contributed by atoms with Gasteiger partial charge in [-0.3, -0.25) is 4.79 Å². The Kier molecular flexibility index (Phi) is 5.76. The van der Waals surface area contributed by atoms with Crippen LogP contribution in [0.5, 0.6) is 0 Å². The number of benzene rings is 4. The summed E-state index contributed by atoms with van der Waals surface area (Å²) < 4.78 is 0. The van der Waals surface area contributed by atoms with Crippen molar-refractivity contribution in [2.75, 3.05) is 0 Å². The smallest absolute Gasteiger partial charge is 0.194 e. The van der Waals surface area contributed by atoms with Gasteiger partial charge in [0.15, 0.2) is 5.78 Å². The van der Waals surface area contributed by atoms with Crippen LogP contribution in [0.3, 0.4) is 0 Å². The molecule has 0 spiro atoms. The van der Waals surface area contributed by atoms with E-state index < -0.39 is 0 Å². The van der Waals surface area contributed by atoms with E-state index in [-0.39, 0.29) is 5.78 Å². The van der Waals surface area contributed by atoms with Crippen molar-refractivity contribution in [1.29, 1.82) is 0 Å². The fourth-order valence-corrected chi connectivity index (χ4v) is 3.87. The quantitative estimate of drug-likeness (QED) is 0.298. The van der Waals surface area contributed by atoms with Crippen molar-refractivity contribution in [1.82, 2.24) is 0 Å². The highest BCUT2D eigenvalue weighted by Crippen LogP contribution is 2.33. The molecule has 4 aromatic carbocycles. The molecule has 30 heavy (non-hydrogen) atoms. The summed E-state index contributed by atoms with van der Waals surface area (Å²) in [6.07, 6.45) is 0. The third kappa shape index (κ3) is 4.18. The molecule has 148 valence electrons. The van der Waals surface area contributed by atoms with E-state index in [1.807, 2.05) is 86.6 Å². The molecule has 3 heteroatoms. The maximum absolute atomic E-state index is 13.8. The van der Waals surface area contributed by atoms with Gasteiger partial charge in [0, 0.05) is 21.2 Å². The highest BCUT2D eigenvalue weighted by Gasteiger charge is 2.20. The van der Waals surface area contributed by atoms with E-state index in [4.69, 9.17) is 23.2 Å². The molecule has 0 saturated carbocycles. The van der Waals surface area contributed by atoms with E-state index in [1.165, 1.54) is 0 Å². The Morgan fingerprint density at radius 3 is 1.30 bits per heavy atom. The lowest BCUT2D eigenvalue weighted by Crippen LogP contribution is -2.06. The summed E-state index contributed by atoms with van der Waals surface area (Å²) in [5.41, 5.74) is 7.08. The monoisotopic (exact) mass is 430 g/mol. The molecule has 4 aromatic rings. The van der Waals surface area contributed by atoms with Crippen LogP contribution in [0.1, 0.15) is 27.0 Å². The summed E-state index contributed by atoms with van der Waals surface area (Å²) in [4.78, 5) is 13.8. The summed E-state index contributed by atoms with van der Waals surface area (Å²) >= 11 is 12.6. The molecule has 0 heterocycles. The molecule has 0 saturated heterocycles. The van der Waals surface area contributed by atoms with Gasteiger partial charge in [0.1, 0.15) is 0 Å². The van der Waals surface area contributed by atoms with Gasteiger partial charge in [-0.1, -0.05) is 95.0 Å². The highest BCUT2D eigenvalue weighted by atomic mass is 35.5. The second kappa shape index (κ2) is 8.47. The first-order chi connectivity index (χ1) is 14.4. The Morgan fingerprint density at radius 1 is 0.567 bits per heavy atom. The standard InChI is InChI=1S/C27H20Cl2O/c1-17-3-7-19(8-4-17)23-13-11-21(28)15-25(23)27(30)26-16-22(29)12-14-24(26)20-9-5-18(2)6-10-20/h3-16H,1-2H3. The van der Waals surface area contributed by atoms with Crippen molar-refractivity contribution in [3.05, 3.63) is 117 Å². The first-order valence-electron chi connectivity index (χ1n) is 9.70. The van der Waals surface area contributed by atoms with E-state index in [0.29, 0.717) is 21.2 Å². The summed E-state index contributed by atoms with van der Waals surface area (Å²) in [6, 6.07) is 27.1. The molecule has 4 rings (SSSR count). The molecular formula is C27H20Cl2O. The third-order valence-electron chi connectivity index (χ3n) is 5.18. The Labute approximate surface area is 186 Å². The van der Waals surface area contributed by atoms with E-state index in [0.717, 1.165) is 33.4 Å². The average Bonchev–Trinajstić information content (AvgIpc) is 2.74. The first kappa shape index (κ1) is 20.4. The zero-order valence-electron chi connectivity index (χ0n) is 16.7. The van der Waals surface area contributed by atoms with Crippen molar-refractivity contribution < 1.29 is 4.79 Å². The number of hydrogen-bond donors (Lipinski definition) is 0. The van der Waals surface area contributed by atoms with Crippen LogP contribution >= 0.6 is 23.2 Å². The molecule has 0 N–H and O–H groups in total. The zero-order valence-corrected chi connectivity index (χ0v) is 18.3. The topological polar surface area (TPSA) is 17.1 Å². The average molecular weight is 431 g/mol. The molecular weight excluding hydrogens is 411 g/mol. The van der Waals surface area contributed by atoms with Gasteiger partial charge in [-0.05, 0) is 60.4 Å². The van der Waals surface area contributed by atoms with Crippen LogP contribution in [0.15, 0.2) is 84.9 Å². The van der Waals surface area contributed by atoms with Crippen molar-refractivity contribution in [3.8, 4) is 22.3 Å². The summed E-state index contributed by atoms with van der Waals surface area (Å²) in [5.74, 6) is -0.105. The van der Waals surface area contributed by atoms with E-state index >= 15 is 0 Å². The lowest BCUT2D eigenvalue weighted by Gasteiger charge is -2.14. The second-order valence-electron chi connectivity index (χ2n) is 7.44. The van der Waals surface area contributed by atoms with Crippen LogP contribution in [-0.4, -0.2) is 5.78 Å². The molecule has 0 bridgehead atoms. The molecule has 0 atom stereocenters. The van der Waals surface area contributed by atoms with Crippen molar-refractivity contribution in [3.63, 3.8) is 0 Å². The molecule has 0 aliphatic rings. The number of carbonyl (C=O) groups excluding carboxylic acids is 1. The minimum atomic E-state index is -0.105. The Bertz CT molecular complexity index is 1130. The van der Waals surface area contributed by atoms with Crippen molar-refractivity contribution in [2.24, 2.45) is 0 Å². The third-order valence-corrected chi connectivity index (χ3v) is 5.65. The number of aryl methyl sites for hydroxylation is 2. The highest BCUT2D eigenvalue weighted by molar-refractivity contribution is 6.32. The predicted molar refractivity (Wildman–Crippen MR) is 127 cm³/mol. The van der Waals surface area contributed by atoms with Crippen LogP contribution in [0.4, 0.5) is 0 Å². The van der Waals surface area contributed by atoms with Gasteiger partial charge in [0.2, 0.25) is 0 Å². The van der Waals surface area contributed by atoms with Gasteiger partial charge < -0.3 is 0 Å². The van der Waals surface area contributed by atoms with Crippen LogP contribution < -0.4 is 0 Å². The molecule has 0 unspecified atom stereocenters.